The fourth-order valence-corrected chi connectivity index (χ4v) is 15.3. The maximum atomic E-state index is 15.1. The maximum Gasteiger partial charge on any atom is 0.423 e. The average Bonchev–Trinajstić information content (AvgIpc) is 1.76. The first-order valence-electron chi connectivity index (χ1n) is 39.9. The lowest BCUT2D eigenvalue weighted by Crippen LogP contribution is -2.43. The number of ether oxygens (including phenoxy) is 7. The highest BCUT2D eigenvalue weighted by Crippen LogP contribution is 2.46. The summed E-state index contributed by atoms with van der Waals surface area (Å²) in [6, 6.07) is 22.5. The third-order valence-electron chi connectivity index (χ3n) is 22.3. The topological polar surface area (TPSA) is 326 Å². The highest BCUT2D eigenvalue weighted by Gasteiger charge is 2.42. The molecule has 0 saturated carbocycles. The summed E-state index contributed by atoms with van der Waals surface area (Å²) in [4.78, 5) is 106. The summed E-state index contributed by atoms with van der Waals surface area (Å²) >= 11 is 0. The molecule has 3 amide bonds. The molecule has 0 spiro atoms. The minimum absolute atomic E-state index is 0.0146. The van der Waals surface area contributed by atoms with Gasteiger partial charge < -0.3 is 79.8 Å². The molecule has 6 N–H and O–H groups in total. The molecule has 6 aromatic carbocycles. The molecular weight excluding hydrogens is 1650 g/mol. The largest absolute Gasteiger partial charge is 0.495 e. The second-order valence-electron chi connectivity index (χ2n) is 30.8. The normalized spacial score (nSPS) is 16.4. The molecule has 0 radical (unpaired) electrons. The van der Waals surface area contributed by atoms with Crippen molar-refractivity contribution in [3.8, 4) is 52.1 Å². The van der Waals surface area contributed by atoms with Gasteiger partial charge in [0.25, 0.3) is 17.7 Å². The number of rotatable bonds is 22. The van der Waals surface area contributed by atoms with E-state index < -0.39 is 70.7 Å². The molecule has 3 fully saturated rings. The van der Waals surface area contributed by atoms with Crippen molar-refractivity contribution in [1.82, 2.24) is 60.6 Å². The van der Waals surface area contributed by atoms with Gasteiger partial charge in [0.15, 0.2) is 17.3 Å². The van der Waals surface area contributed by atoms with Gasteiger partial charge in [-0.3, -0.25) is 28.8 Å². The van der Waals surface area contributed by atoms with E-state index in [1.165, 1.54) is 64.8 Å². The number of aryl methyl sites for hydroxylation is 2. The molecule has 3 aromatic heterocycles. The molecule has 15 rings (SSSR count). The van der Waals surface area contributed by atoms with Gasteiger partial charge in [-0.15, -0.1) is 0 Å². The van der Waals surface area contributed by atoms with Gasteiger partial charge in [0.1, 0.15) is 63.1 Å². The Labute approximate surface area is 710 Å². The number of likely N-dealkylation sites (tertiary alicyclic amines) is 3. The van der Waals surface area contributed by atoms with Crippen LogP contribution in [0.3, 0.4) is 0 Å². The Morgan fingerprint density at radius 1 is 0.432 bits per heavy atom. The van der Waals surface area contributed by atoms with Crippen LogP contribution in [0.15, 0.2) is 110 Å². The lowest BCUT2D eigenvalue weighted by Gasteiger charge is -2.29. The minimum Gasteiger partial charge on any atom is -0.495 e. The standard InChI is InChI=1S/C29H29F4N5O4.C29H30F3N5O5.C29H30F3N5O4/c1-15-4-7-23(25-17(15)5-6-22(25)39)42-27-19(29(31,32)33)14-34-28(37-27)36-21-13-20(30)18(12-24(21)41-3)26(40)35-16-8-10-38(2)11-9-16;1-37-11-9-18(10-12-37)34-26(39)17-7-8-20(22(14-17)40-2)35-28-33-15-19(29(30,31)32)27(36-28)42-21-6-4-5-16-13-23(41-3)25(38)24(16)21;1-16-4-9-23(25-19(16)6-8-22(25)38)41-27-20(29(30,31)32)15-33-28(36-27)35-21-7-5-17(14-24(21)40-3)26(39)34-18-10-12-37(2)13-11-18/h4,7,12-14,16H,5-6,8-11H2,1-3H3,(H,35,40)(H,34,36,37);4-8,14-15,18,23H,9-13H2,1-3H3,(H,34,39)(H,33,35,36);4-5,7,9,14-15,18H,6,8,10-13H2,1-3H3,(H,34,39)(H,33,35,36). The van der Waals surface area contributed by atoms with Crippen LogP contribution < -0.4 is 60.3 Å². The van der Waals surface area contributed by atoms with Crippen molar-refractivity contribution in [3.05, 3.63) is 193 Å². The summed E-state index contributed by atoms with van der Waals surface area (Å²) in [6.07, 6.45) is -6.84. The molecule has 660 valence electrons. The van der Waals surface area contributed by atoms with Crippen molar-refractivity contribution in [2.45, 2.75) is 127 Å². The highest BCUT2D eigenvalue weighted by molar-refractivity contribution is 6.07. The van der Waals surface area contributed by atoms with Gasteiger partial charge in [-0.05, 0) is 214 Å². The number of ketones is 3. The molecule has 6 heterocycles. The number of hydrogen-bond acceptors (Lipinski definition) is 25. The molecule has 125 heavy (non-hydrogen) atoms. The second-order valence-corrected chi connectivity index (χ2v) is 30.8. The first-order valence-corrected chi connectivity index (χ1v) is 39.9. The van der Waals surface area contributed by atoms with E-state index in [2.05, 4.69) is 76.5 Å². The quantitative estimate of drug-likeness (QED) is 0.0343. The van der Waals surface area contributed by atoms with Crippen LogP contribution in [0.1, 0.15) is 158 Å². The Morgan fingerprint density at radius 3 is 1.18 bits per heavy atom. The summed E-state index contributed by atoms with van der Waals surface area (Å²) in [5, 5.41) is 17.3. The fraction of sp³-hybridized carbons (Fsp3) is 0.379. The van der Waals surface area contributed by atoms with Crippen molar-refractivity contribution in [2.75, 3.05) is 105 Å². The molecule has 3 saturated heterocycles. The smallest absolute Gasteiger partial charge is 0.423 e. The number of carbonyl (C=O) groups excluding carboxylic acids is 6. The molecular formula is C87H89F10N15O13. The molecule has 1 unspecified atom stereocenters. The number of methoxy groups -OCH3 is 4. The number of nitrogens with zero attached hydrogens (tertiary/aromatic N) is 9. The van der Waals surface area contributed by atoms with Crippen LogP contribution in [0.25, 0.3) is 0 Å². The summed E-state index contributed by atoms with van der Waals surface area (Å²) in [6.45, 7) is 8.86. The van der Waals surface area contributed by atoms with Crippen LogP contribution in [-0.4, -0.2) is 193 Å². The number of aromatic nitrogens is 6. The predicted molar refractivity (Wildman–Crippen MR) is 437 cm³/mol. The number of amides is 3. The molecule has 38 heteroatoms. The number of fused-ring (bicyclic) bond motifs is 3. The number of Topliss-reactive ketones (excluding diaryl/α,β-unsaturated/α-hetero) is 3. The molecule has 1 atom stereocenters. The van der Waals surface area contributed by atoms with Crippen molar-refractivity contribution in [1.29, 1.82) is 0 Å². The van der Waals surface area contributed by atoms with E-state index in [1.807, 2.05) is 35.0 Å². The van der Waals surface area contributed by atoms with E-state index in [0.717, 1.165) is 106 Å². The van der Waals surface area contributed by atoms with Gasteiger partial charge in [-0.25, -0.2) is 19.3 Å². The Kier molecular flexibility index (Phi) is 27.5. The first kappa shape index (κ1) is 90.1. The Hall–Kier alpha value is -12.7. The van der Waals surface area contributed by atoms with E-state index in [1.54, 1.807) is 48.5 Å². The van der Waals surface area contributed by atoms with Crippen LogP contribution in [0.2, 0.25) is 0 Å². The molecule has 9 aromatic rings. The summed E-state index contributed by atoms with van der Waals surface area (Å²) < 4.78 is 178. The lowest BCUT2D eigenvalue weighted by atomic mass is 10.0. The average molecular weight is 1740 g/mol. The van der Waals surface area contributed by atoms with E-state index >= 15 is 4.39 Å². The third-order valence-corrected chi connectivity index (χ3v) is 22.3. The number of nitrogens with one attached hydrogen (secondary N) is 6. The maximum absolute atomic E-state index is 15.1. The Morgan fingerprint density at radius 2 is 0.800 bits per heavy atom. The van der Waals surface area contributed by atoms with Crippen molar-refractivity contribution in [2.24, 2.45) is 0 Å². The third kappa shape index (κ3) is 21.2. The van der Waals surface area contributed by atoms with Crippen LogP contribution in [0, 0.1) is 19.7 Å². The van der Waals surface area contributed by atoms with E-state index in [9.17, 15) is 68.3 Å². The number of hydrogen-bond donors (Lipinski definition) is 6. The number of alkyl halides is 9. The zero-order chi connectivity index (χ0) is 89.5. The Balaban J connectivity index is 0.000000161. The number of anilines is 6. The lowest BCUT2D eigenvalue weighted by molar-refractivity contribution is -0.140. The number of halogens is 10. The van der Waals surface area contributed by atoms with E-state index in [4.69, 9.17) is 33.2 Å². The number of carbonyl (C=O) groups is 6. The highest BCUT2D eigenvalue weighted by atomic mass is 19.4. The zero-order valence-electron chi connectivity index (χ0n) is 69.3. The Bertz CT molecular complexity index is 5580. The summed E-state index contributed by atoms with van der Waals surface area (Å²) in [5.41, 5.74) is 1.93. The number of benzene rings is 6. The summed E-state index contributed by atoms with van der Waals surface area (Å²) in [7, 11) is 11.6. The van der Waals surface area contributed by atoms with Crippen molar-refractivity contribution >= 4 is 70.0 Å². The van der Waals surface area contributed by atoms with Crippen LogP contribution >= 0.6 is 0 Å². The SMILES string of the molecule is COc1cc(C(=O)NC2CCN(C)CC2)c(F)cc1Nc1ncc(C(F)(F)F)c(Oc2ccc(C)c3c2C(=O)CC3)n1.COc1cc(C(=O)NC2CCN(C)CC2)ccc1Nc1ncc(C(F)(F)F)c(Oc2ccc(C)c3c2C(=O)CC3)n1.COc1cc(C(=O)NC2CCN(C)CC2)ccc1Nc1ncc(C(F)(F)F)c(Oc2cccc3c2C(=O)C(OC)C3)n1. The van der Waals surface area contributed by atoms with Gasteiger partial charge in [0, 0.05) is 80.3 Å². The predicted octanol–water partition coefficient (Wildman–Crippen LogP) is 15.4. The molecule has 0 bridgehead atoms. The minimum atomic E-state index is -4.86. The second kappa shape index (κ2) is 38.2. The fourth-order valence-electron chi connectivity index (χ4n) is 15.3. The molecule has 6 aliphatic rings. The van der Waals surface area contributed by atoms with Gasteiger partial charge in [0.2, 0.25) is 35.5 Å². The molecule has 3 aliphatic carbocycles. The van der Waals surface area contributed by atoms with Gasteiger partial charge in [-0.1, -0.05) is 24.3 Å². The van der Waals surface area contributed by atoms with Crippen LogP contribution in [0.5, 0.6) is 52.1 Å². The summed E-state index contributed by atoms with van der Waals surface area (Å²) in [5.74, 6) is -5.42. The van der Waals surface area contributed by atoms with Crippen LogP contribution in [0.4, 0.5) is 78.8 Å². The van der Waals surface area contributed by atoms with Gasteiger partial charge in [0.05, 0.1) is 60.6 Å². The van der Waals surface area contributed by atoms with Crippen molar-refractivity contribution in [3.63, 3.8) is 0 Å². The van der Waals surface area contributed by atoms with Crippen LogP contribution in [-0.2, 0) is 42.5 Å². The molecule has 28 nitrogen and oxygen atoms in total. The van der Waals surface area contributed by atoms with Crippen molar-refractivity contribution < 1.29 is 106 Å². The monoisotopic (exact) mass is 1740 g/mol. The van der Waals surface area contributed by atoms with Gasteiger partial charge in [-0.2, -0.15) is 54.5 Å². The number of piperidine rings is 3. The zero-order valence-corrected chi connectivity index (χ0v) is 69.3. The van der Waals surface area contributed by atoms with E-state index in [0.29, 0.717) is 59.5 Å². The van der Waals surface area contributed by atoms with E-state index in [-0.39, 0.29) is 147 Å². The molecule has 3 aliphatic heterocycles. The van der Waals surface area contributed by atoms with Gasteiger partial charge >= 0.3 is 18.5 Å². The first-order chi connectivity index (χ1) is 59.5.